The van der Waals surface area contributed by atoms with Crippen LogP contribution in [0.15, 0.2) is 47.3 Å². The molecule has 1 N–H and O–H groups in total. The number of halogens is 2. The van der Waals surface area contributed by atoms with Crippen molar-refractivity contribution in [2.24, 2.45) is 0 Å². The van der Waals surface area contributed by atoms with Gasteiger partial charge in [0.2, 0.25) is 0 Å². The number of hydrogen-bond acceptors (Lipinski definition) is 4. The number of rotatable bonds is 9. The molecule has 2 aromatic heterocycles. The first kappa shape index (κ1) is 25.4. The molecule has 0 atom stereocenters. The van der Waals surface area contributed by atoms with Gasteiger partial charge in [-0.05, 0) is 74.7 Å². The standard InChI is InChI=1S/C27H32ClFN4O2S/c1-27(2,35)17-30-14-22(15-30)33-24-8-6-20(29)13-25(24)32(26(33)34)16-21-12-18-11-19(28)5-7-23(18)31(21)9-4-10-36-3/h5-8,11-13,22,35H,4,9-10,14-17H2,1-3H3. The molecule has 1 saturated heterocycles. The highest BCUT2D eigenvalue weighted by atomic mass is 35.5. The molecule has 1 aliphatic heterocycles. The highest BCUT2D eigenvalue weighted by Gasteiger charge is 2.34. The van der Waals surface area contributed by atoms with Crippen LogP contribution in [0.1, 0.15) is 32.0 Å². The Balaban J connectivity index is 1.54. The van der Waals surface area contributed by atoms with Crippen LogP contribution in [0.2, 0.25) is 5.02 Å². The second-order valence-corrected chi connectivity index (χ2v) is 11.8. The maximum Gasteiger partial charge on any atom is 0.329 e. The molecule has 1 aliphatic rings. The van der Waals surface area contributed by atoms with Gasteiger partial charge in [0.15, 0.2) is 0 Å². The molecule has 0 bridgehead atoms. The fourth-order valence-corrected chi connectivity index (χ4v) is 5.96. The number of aliphatic hydroxyl groups is 1. The van der Waals surface area contributed by atoms with E-state index in [0.717, 1.165) is 40.8 Å². The highest BCUT2D eigenvalue weighted by Crippen LogP contribution is 2.29. The summed E-state index contributed by atoms with van der Waals surface area (Å²) in [4.78, 5) is 15.9. The maximum absolute atomic E-state index is 14.4. The molecule has 9 heteroatoms. The molecule has 0 saturated carbocycles. The van der Waals surface area contributed by atoms with E-state index in [9.17, 15) is 14.3 Å². The molecule has 0 radical (unpaired) electrons. The van der Waals surface area contributed by atoms with Crippen molar-refractivity contribution in [3.63, 3.8) is 0 Å². The van der Waals surface area contributed by atoms with Gasteiger partial charge in [0, 0.05) is 47.8 Å². The lowest BCUT2D eigenvalue weighted by Gasteiger charge is -2.42. The SMILES string of the molecule is CSCCCn1c(Cn2c(=O)n(C3CN(CC(C)(C)O)C3)c3ccc(F)cc32)cc2cc(Cl)ccc21. The summed E-state index contributed by atoms with van der Waals surface area (Å²) >= 11 is 8.08. The normalized spacial score (nSPS) is 15.3. The lowest BCUT2D eigenvalue weighted by atomic mass is 10.0. The minimum absolute atomic E-state index is 0.0136. The zero-order valence-electron chi connectivity index (χ0n) is 20.9. The Hall–Kier alpha value is -2.26. The summed E-state index contributed by atoms with van der Waals surface area (Å²) in [5, 5.41) is 11.9. The van der Waals surface area contributed by atoms with Crippen LogP contribution in [-0.4, -0.2) is 61.0 Å². The maximum atomic E-state index is 14.4. The number of fused-ring (bicyclic) bond motifs is 2. The van der Waals surface area contributed by atoms with Crippen molar-refractivity contribution in [1.82, 2.24) is 18.6 Å². The van der Waals surface area contributed by atoms with Crippen LogP contribution in [0.4, 0.5) is 4.39 Å². The summed E-state index contributed by atoms with van der Waals surface area (Å²) in [6.07, 6.45) is 3.10. The van der Waals surface area contributed by atoms with Gasteiger partial charge in [-0.1, -0.05) is 11.6 Å². The van der Waals surface area contributed by atoms with Crippen molar-refractivity contribution in [2.45, 2.75) is 45.0 Å². The van der Waals surface area contributed by atoms with E-state index < -0.39 is 5.60 Å². The molecule has 2 aromatic carbocycles. The van der Waals surface area contributed by atoms with Crippen molar-refractivity contribution < 1.29 is 9.50 Å². The second-order valence-electron chi connectivity index (χ2n) is 10.4. The van der Waals surface area contributed by atoms with Crippen LogP contribution < -0.4 is 5.69 Å². The Labute approximate surface area is 219 Å². The molecular formula is C27H32ClFN4O2S. The summed E-state index contributed by atoms with van der Waals surface area (Å²) in [7, 11) is 0. The molecule has 6 nitrogen and oxygen atoms in total. The fraction of sp³-hybridized carbons (Fsp3) is 0.444. The van der Waals surface area contributed by atoms with Crippen molar-refractivity contribution >= 4 is 45.3 Å². The van der Waals surface area contributed by atoms with Crippen LogP contribution in [-0.2, 0) is 13.1 Å². The average molecular weight is 531 g/mol. The first-order valence-electron chi connectivity index (χ1n) is 12.3. The van der Waals surface area contributed by atoms with Gasteiger partial charge in [-0.15, -0.1) is 0 Å². The number of β-amino-alcohol motifs (C(OH)–C–C–N with tert-alkyl or cyclic N) is 1. The van der Waals surface area contributed by atoms with E-state index in [2.05, 4.69) is 21.8 Å². The third kappa shape index (κ3) is 4.96. The van der Waals surface area contributed by atoms with E-state index in [4.69, 9.17) is 11.6 Å². The Bertz CT molecular complexity index is 1460. The number of benzene rings is 2. The van der Waals surface area contributed by atoms with E-state index in [0.29, 0.717) is 36.7 Å². The molecule has 1 fully saturated rings. The molecular weight excluding hydrogens is 499 g/mol. The summed E-state index contributed by atoms with van der Waals surface area (Å²) in [5.41, 5.74) is 2.49. The lowest BCUT2D eigenvalue weighted by molar-refractivity contribution is -0.00417. The molecule has 36 heavy (non-hydrogen) atoms. The summed E-state index contributed by atoms with van der Waals surface area (Å²) in [6, 6.07) is 12.5. The minimum atomic E-state index is -0.792. The van der Waals surface area contributed by atoms with Gasteiger partial charge < -0.3 is 9.67 Å². The molecule has 0 amide bonds. The predicted molar refractivity (Wildman–Crippen MR) is 147 cm³/mol. The van der Waals surface area contributed by atoms with Crippen LogP contribution in [0.25, 0.3) is 21.9 Å². The van der Waals surface area contributed by atoms with E-state index >= 15 is 0 Å². The van der Waals surface area contributed by atoms with E-state index in [-0.39, 0.29) is 17.5 Å². The molecule has 0 aliphatic carbocycles. The zero-order chi connectivity index (χ0) is 25.6. The predicted octanol–water partition coefficient (Wildman–Crippen LogP) is 4.98. The Morgan fingerprint density at radius 2 is 1.83 bits per heavy atom. The number of hydrogen-bond donors (Lipinski definition) is 1. The third-order valence-electron chi connectivity index (χ3n) is 6.84. The van der Waals surface area contributed by atoms with Gasteiger partial charge in [-0.25, -0.2) is 9.18 Å². The largest absolute Gasteiger partial charge is 0.389 e. The number of aryl methyl sites for hydroxylation is 1. The fourth-order valence-electron chi connectivity index (χ4n) is 5.36. The van der Waals surface area contributed by atoms with Gasteiger partial charge in [-0.2, -0.15) is 11.8 Å². The van der Waals surface area contributed by atoms with Gasteiger partial charge in [0.25, 0.3) is 0 Å². The topological polar surface area (TPSA) is 55.3 Å². The Kier molecular flexibility index (Phi) is 6.98. The number of aromatic nitrogens is 3. The second kappa shape index (κ2) is 9.89. The van der Waals surface area contributed by atoms with E-state index in [1.807, 2.05) is 30.0 Å². The van der Waals surface area contributed by atoms with Crippen molar-refractivity contribution in [1.29, 1.82) is 0 Å². The molecule has 192 valence electrons. The van der Waals surface area contributed by atoms with Crippen molar-refractivity contribution in [3.05, 3.63) is 69.5 Å². The smallest absolute Gasteiger partial charge is 0.329 e. The highest BCUT2D eigenvalue weighted by molar-refractivity contribution is 7.98. The van der Waals surface area contributed by atoms with Gasteiger partial charge in [0.05, 0.1) is 29.2 Å². The van der Waals surface area contributed by atoms with Crippen molar-refractivity contribution in [2.75, 3.05) is 31.6 Å². The molecule has 0 spiro atoms. The van der Waals surface area contributed by atoms with Gasteiger partial charge in [-0.3, -0.25) is 14.0 Å². The van der Waals surface area contributed by atoms with Gasteiger partial charge >= 0.3 is 5.69 Å². The van der Waals surface area contributed by atoms with E-state index in [1.165, 1.54) is 12.1 Å². The number of imidazole rings is 1. The van der Waals surface area contributed by atoms with E-state index in [1.54, 1.807) is 29.0 Å². The van der Waals surface area contributed by atoms with Crippen LogP contribution >= 0.6 is 23.4 Å². The van der Waals surface area contributed by atoms with Crippen LogP contribution in [0.3, 0.4) is 0 Å². The number of likely N-dealkylation sites (tertiary alicyclic amines) is 1. The zero-order valence-corrected chi connectivity index (χ0v) is 22.4. The van der Waals surface area contributed by atoms with Crippen molar-refractivity contribution in [3.8, 4) is 0 Å². The number of nitrogens with zero attached hydrogens (tertiary/aromatic N) is 4. The first-order valence-corrected chi connectivity index (χ1v) is 14.0. The molecule has 3 heterocycles. The summed E-state index contributed by atoms with van der Waals surface area (Å²) in [6.45, 7) is 6.64. The summed E-state index contributed by atoms with van der Waals surface area (Å²) < 4.78 is 20.1. The minimum Gasteiger partial charge on any atom is -0.389 e. The third-order valence-corrected chi connectivity index (χ3v) is 7.77. The summed E-state index contributed by atoms with van der Waals surface area (Å²) in [5.74, 6) is 0.679. The van der Waals surface area contributed by atoms with Crippen LogP contribution in [0.5, 0.6) is 0 Å². The average Bonchev–Trinajstić information content (AvgIpc) is 3.24. The molecule has 0 unspecified atom stereocenters. The first-order chi connectivity index (χ1) is 17.1. The van der Waals surface area contributed by atoms with Gasteiger partial charge in [0.1, 0.15) is 5.82 Å². The Morgan fingerprint density at radius 3 is 2.56 bits per heavy atom. The number of thioether (sulfide) groups is 1. The molecule has 5 rings (SSSR count). The van der Waals surface area contributed by atoms with Crippen LogP contribution in [0, 0.1) is 5.82 Å². The monoisotopic (exact) mass is 530 g/mol. The Morgan fingerprint density at radius 1 is 1.08 bits per heavy atom. The lowest BCUT2D eigenvalue weighted by Crippen LogP contribution is -2.54. The quantitative estimate of drug-likeness (QED) is 0.310. The molecule has 4 aromatic rings.